The normalized spacial score (nSPS) is 19.0. The first-order valence-corrected chi connectivity index (χ1v) is 9.96. The standard InChI is InChI=1S/C22H36N2O2/c1-17(2)24-13-7-9-19(16-24)15-23(5)21(25)20-10-6-8-18(14-20)11-12-22(3,4)26/h6,8,10,14,17,19,26H,7,9,11-13,15-16H2,1-5H3/t19-/m0/s1. The minimum atomic E-state index is -0.680. The summed E-state index contributed by atoms with van der Waals surface area (Å²) in [5.74, 6) is 0.648. The summed E-state index contributed by atoms with van der Waals surface area (Å²) in [6.45, 7) is 11.2. The second kappa shape index (κ2) is 9.01. The Kier molecular flexibility index (Phi) is 7.24. The fourth-order valence-electron chi connectivity index (χ4n) is 3.72. The highest BCUT2D eigenvalue weighted by atomic mass is 16.3. The molecule has 1 saturated heterocycles. The van der Waals surface area contributed by atoms with E-state index in [9.17, 15) is 9.90 Å². The van der Waals surface area contributed by atoms with Crippen LogP contribution >= 0.6 is 0 Å². The summed E-state index contributed by atoms with van der Waals surface area (Å²) in [5.41, 5.74) is 1.17. The summed E-state index contributed by atoms with van der Waals surface area (Å²) < 4.78 is 0. The van der Waals surface area contributed by atoms with Crippen LogP contribution in [0.2, 0.25) is 0 Å². The average molecular weight is 361 g/mol. The number of hydrogen-bond donors (Lipinski definition) is 1. The Morgan fingerprint density at radius 1 is 1.38 bits per heavy atom. The summed E-state index contributed by atoms with van der Waals surface area (Å²) in [6.07, 6.45) is 3.89. The van der Waals surface area contributed by atoms with Gasteiger partial charge in [0.1, 0.15) is 0 Å². The quantitative estimate of drug-likeness (QED) is 0.808. The largest absolute Gasteiger partial charge is 0.390 e. The van der Waals surface area contributed by atoms with Gasteiger partial charge in [-0.3, -0.25) is 4.79 Å². The number of carbonyl (C=O) groups excluding carboxylic acids is 1. The van der Waals surface area contributed by atoms with Crippen molar-refractivity contribution in [3.8, 4) is 0 Å². The van der Waals surface area contributed by atoms with Gasteiger partial charge in [-0.2, -0.15) is 0 Å². The van der Waals surface area contributed by atoms with Crippen molar-refractivity contribution in [1.82, 2.24) is 9.80 Å². The maximum atomic E-state index is 12.9. The Labute approximate surface area is 159 Å². The Morgan fingerprint density at radius 3 is 2.77 bits per heavy atom. The number of piperidine rings is 1. The molecular formula is C22H36N2O2. The Balaban J connectivity index is 1.95. The molecule has 0 spiro atoms. The number of likely N-dealkylation sites (tertiary alicyclic amines) is 1. The van der Waals surface area contributed by atoms with Gasteiger partial charge >= 0.3 is 0 Å². The first-order valence-electron chi connectivity index (χ1n) is 9.96. The highest BCUT2D eigenvalue weighted by Crippen LogP contribution is 2.20. The summed E-state index contributed by atoms with van der Waals surface area (Å²) >= 11 is 0. The molecule has 1 N–H and O–H groups in total. The lowest BCUT2D eigenvalue weighted by Gasteiger charge is -2.37. The number of aryl methyl sites for hydroxylation is 1. The maximum Gasteiger partial charge on any atom is 0.253 e. The summed E-state index contributed by atoms with van der Waals surface area (Å²) in [6, 6.07) is 8.43. The molecule has 1 aliphatic heterocycles. The third kappa shape index (κ3) is 6.40. The van der Waals surface area contributed by atoms with Crippen LogP contribution in [0.15, 0.2) is 24.3 Å². The third-order valence-electron chi connectivity index (χ3n) is 5.36. The average Bonchev–Trinajstić information content (AvgIpc) is 2.59. The van der Waals surface area contributed by atoms with Crippen LogP contribution < -0.4 is 0 Å². The minimum Gasteiger partial charge on any atom is -0.390 e. The highest BCUT2D eigenvalue weighted by Gasteiger charge is 2.24. The highest BCUT2D eigenvalue weighted by molar-refractivity contribution is 5.94. The molecule has 0 aromatic heterocycles. The van der Waals surface area contributed by atoms with Gasteiger partial charge in [0.05, 0.1) is 5.60 Å². The molecule has 0 aliphatic carbocycles. The zero-order valence-corrected chi connectivity index (χ0v) is 17.2. The van der Waals surface area contributed by atoms with Crippen molar-refractivity contribution in [2.24, 2.45) is 5.92 Å². The van der Waals surface area contributed by atoms with Crippen LogP contribution in [0.5, 0.6) is 0 Å². The van der Waals surface area contributed by atoms with E-state index in [2.05, 4.69) is 18.7 Å². The van der Waals surface area contributed by atoms with Crippen molar-refractivity contribution < 1.29 is 9.90 Å². The van der Waals surface area contributed by atoms with E-state index in [1.54, 1.807) is 0 Å². The molecule has 1 fully saturated rings. The number of rotatable bonds is 7. The van der Waals surface area contributed by atoms with Crippen LogP contribution in [0, 0.1) is 5.92 Å². The predicted octanol–water partition coefficient (Wildman–Crippen LogP) is 3.58. The molecule has 26 heavy (non-hydrogen) atoms. The molecule has 4 heteroatoms. The molecule has 146 valence electrons. The number of carbonyl (C=O) groups is 1. The molecule has 0 unspecified atom stereocenters. The van der Waals surface area contributed by atoms with E-state index in [4.69, 9.17) is 0 Å². The fraction of sp³-hybridized carbons (Fsp3) is 0.682. The third-order valence-corrected chi connectivity index (χ3v) is 5.36. The number of hydrogen-bond acceptors (Lipinski definition) is 3. The Bertz CT molecular complexity index is 592. The van der Waals surface area contributed by atoms with Gasteiger partial charge in [-0.15, -0.1) is 0 Å². The molecule has 1 aromatic rings. The summed E-state index contributed by atoms with van der Waals surface area (Å²) in [4.78, 5) is 17.2. The summed E-state index contributed by atoms with van der Waals surface area (Å²) in [5, 5.41) is 9.91. The molecule has 1 atom stereocenters. The van der Waals surface area contributed by atoms with Gasteiger partial charge in [-0.1, -0.05) is 12.1 Å². The van der Waals surface area contributed by atoms with Gasteiger partial charge in [-0.05, 0) is 83.5 Å². The van der Waals surface area contributed by atoms with Crippen molar-refractivity contribution in [2.75, 3.05) is 26.7 Å². The first-order chi connectivity index (χ1) is 12.2. The van der Waals surface area contributed by atoms with E-state index >= 15 is 0 Å². The van der Waals surface area contributed by atoms with Gasteiger partial charge in [0.15, 0.2) is 0 Å². The predicted molar refractivity (Wildman–Crippen MR) is 107 cm³/mol. The van der Waals surface area contributed by atoms with Crippen molar-refractivity contribution in [3.05, 3.63) is 35.4 Å². The molecule has 4 nitrogen and oxygen atoms in total. The van der Waals surface area contributed by atoms with Crippen molar-refractivity contribution >= 4 is 5.91 Å². The van der Waals surface area contributed by atoms with Crippen LogP contribution in [-0.4, -0.2) is 59.1 Å². The molecule has 0 bridgehead atoms. The second-order valence-electron chi connectivity index (χ2n) is 8.80. The van der Waals surface area contributed by atoms with Gasteiger partial charge in [0.25, 0.3) is 5.91 Å². The molecule has 1 heterocycles. The number of benzene rings is 1. The lowest BCUT2D eigenvalue weighted by molar-refractivity contribution is 0.0709. The monoisotopic (exact) mass is 360 g/mol. The molecule has 1 aliphatic rings. The topological polar surface area (TPSA) is 43.8 Å². The van der Waals surface area contributed by atoms with E-state index in [1.807, 2.05) is 50.1 Å². The fourth-order valence-corrected chi connectivity index (χ4v) is 3.72. The molecule has 0 saturated carbocycles. The van der Waals surface area contributed by atoms with Gasteiger partial charge < -0.3 is 14.9 Å². The number of aliphatic hydroxyl groups is 1. The summed E-state index contributed by atoms with van der Waals surface area (Å²) in [7, 11) is 1.92. The van der Waals surface area contributed by atoms with Crippen LogP contribution in [0.1, 0.15) is 62.9 Å². The smallest absolute Gasteiger partial charge is 0.253 e. The van der Waals surface area contributed by atoms with Gasteiger partial charge in [0, 0.05) is 31.7 Å². The number of amides is 1. The minimum absolute atomic E-state index is 0.0942. The van der Waals surface area contributed by atoms with Crippen LogP contribution in [-0.2, 0) is 6.42 Å². The van der Waals surface area contributed by atoms with E-state index in [-0.39, 0.29) is 5.91 Å². The maximum absolute atomic E-state index is 12.9. The molecular weight excluding hydrogens is 324 g/mol. The van der Waals surface area contributed by atoms with Crippen molar-refractivity contribution in [2.45, 2.75) is 65.0 Å². The lowest BCUT2D eigenvalue weighted by atomic mass is 9.96. The van der Waals surface area contributed by atoms with Crippen molar-refractivity contribution in [3.63, 3.8) is 0 Å². The molecule has 0 radical (unpaired) electrons. The lowest BCUT2D eigenvalue weighted by Crippen LogP contribution is -2.44. The Morgan fingerprint density at radius 2 is 2.12 bits per heavy atom. The van der Waals surface area contributed by atoms with Gasteiger partial charge in [0.2, 0.25) is 0 Å². The van der Waals surface area contributed by atoms with E-state index in [1.165, 1.54) is 19.4 Å². The molecule has 1 aromatic carbocycles. The van der Waals surface area contributed by atoms with E-state index in [0.717, 1.165) is 30.6 Å². The first kappa shape index (κ1) is 20.9. The molecule has 2 rings (SSSR count). The zero-order chi connectivity index (χ0) is 19.3. The van der Waals surface area contributed by atoms with E-state index < -0.39 is 5.60 Å². The van der Waals surface area contributed by atoms with Crippen LogP contribution in [0.3, 0.4) is 0 Å². The number of nitrogens with zero attached hydrogens (tertiary/aromatic N) is 2. The second-order valence-corrected chi connectivity index (χ2v) is 8.80. The Hall–Kier alpha value is -1.39. The van der Waals surface area contributed by atoms with Crippen molar-refractivity contribution in [1.29, 1.82) is 0 Å². The van der Waals surface area contributed by atoms with Crippen LogP contribution in [0.4, 0.5) is 0 Å². The zero-order valence-electron chi connectivity index (χ0n) is 17.2. The molecule has 1 amide bonds. The SMILES string of the molecule is CC(C)N1CCC[C@@H](CN(C)C(=O)c2cccc(CCC(C)(C)O)c2)C1. The van der Waals surface area contributed by atoms with Gasteiger partial charge in [-0.25, -0.2) is 0 Å². The van der Waals surface area contributed by atoms with E-state index in [0.29, 0.717) is 18.4 Å². The van der Waals surface area contributed by atoms with Crippen LogP contribution in [0.25, 0.3) is 0 Å².